The van der Waals surface area contributed by atoms with Gasteiger partial charge in [-0.05, 0) is 41.1 Å². The Labute approximate surface area is 133 Å². The minimum absolute atomic E-state index is 0.156. The van der Waals surface area contributed by atoms with E-state index < -0.39 is 17.5 Å². The summed E-state index contributed by atoms with van der Waals surface area (Å²) in [6.07, 6.45) is 1.36. The first-order valence-electron chi connectivity index (χ1n) is 5.98. The number of carbonyl (C=O) groups is 2. The Bertz CT molecular complexity index is 640. The number of hydrogen-bond acceptors (Lipinski definition) is 4. The van der Waals surface area contributed by atoms with Crippen LogP contribution in [-0.2, 0) is 16.9 Å². The first-order chi connectivity index (χ1) is 9.91. The molecule has 0 fully saturated rings. The van der Waals surface area contributed by atoms with E-state index in [0.717, 1.165) is 9.35 Å². The standard InChI is InChI=1S/C13H13BrN2O4S/c1-13(11(17)18,10-3-2-4-20-10)16-12(19)15-6-9-5-8(14)7-21-9/h2-5,7H,6H2,1H3,(H,17,18)(H2,15,16,19). The molecule has 0 saturated carbocycles. The SMILES string of the molecule is CC(NC(=O)NCc1cc(Br)cs1)(C(=O)O)c1ccco1. The van der Waals surface area contributed by atoms with Crippen LogP contribution in [0.5, 0.6) is 0 Å². The molecular weight excluding hydrogens is 360 g/mol. The number of rotatable bonds is 5. The highest BCUT2D eigenvalue weighted by molar-refractivity contribution is 9.10. The highest BCUT2D eigenvalue weighted by Gasteiger charge is 2.39. The van der Waals surface area contributed by atoms with E-state index in [1.165, 1.54) is 30.6 Å². The molecule has 2 heterocycles. The lowest BCUT2D eigenvalue weighted by molar-refractivity contribution is -0.144. The molecule has 1 unspecified atom stereocenters. The molecular formula is C13H13BrN2O4S. The van der Waals surface area contributed by atoms with Crippen molar-refractivity contribution >= 4 is 39.3 Å². The first kappa shape index (κ1) is 15.6. The number of furan rings is 1. The molecule has 112 valence electrons. The second-order valence-electron chi connectivity index (χ2n) is 4.45. The van der Waals surface area contributed by atoms with Crippen LogP contribution >= 0.6 is 27.3 Å². The topological polar surface area (TPSA) is 91.6 Å². The highest BCUT2D eigenvalue weighted by Crippen LogP contribution is 2.22. The van der Waals surface area contributed by atoms with Crippen LogP contribution in [0, 0.1) is 0 Å². The number of urea groups is 1. The van der Waals surface area contributed by atoms with Gasteiger partial charge >= 0.3 is 12.0 Å². The van der Waals surface area contributed by atoms with E-state index >= 15 is 0 Å². The van der Waals surface area contributed by atoms with Gasteiger partial charge in [0.2, 0.25) is 0 Å². The molecule has 0 aromatic carbocycles. The molecule has 2 rings (SSSR count). The summed E-state index contributed by atoms with van der Waals surface area (Å²) in [6.45, 7) is 1.69. The molecule has 2 aromatic heterocycles. The number of halogens is 1. The Kier molecular flexibility index (Phi) is 4.69. The quantitative estimate of drug-likeness (QED) is 0.752. The average Bonchev–Trinajstić information content (AvgIpc) is 3.07. The lowest BCUT2D eigenvalue weighted by atomic mass is 9.99. The zero-order valence-corrected chi connectivity index (χ0v) is 13.5. The number of nitrogens with one attached hydrogen (secondary N) is 2. The summed E-state index contributed by atoms with van der Waals surface area (Å²) in [6, 6.07) is 4.37. The maximum atomic E-state index is 11.9. The number of thiophene rings is 1. The molecule has 8 heteroatoms. The fourth-order valence-electron chi connectivity index (χ4n) is 1.67. The van der Waals surface area contributed by atoms with Crippen LogP contribution in [0.1, 0.15) is 17.6 Å². The molecule has 21 heavy (non-hydrogen) atoms. The third-order valence-corrected chi connectivity index (χ3v) is 4.55. The molecule has 1 atom stereocenters. The van der Waals surface area contributed by atoms with Crippen LogP contribution in [-0.4, -0.2) is 17.1 Å². The van der Waals surface area contributed by atoms with Crippen molar-refractivity contribution in [2.75, 3.05) is 0 Å². The van der Waals surface area contributed by atoms with Crippen molar-refractivity contribution in [2.24, 2.45) is 0 Å². The van der Waals surface area contributed by atoms with E-state index in [0.29, 0.717) is 6.54 Å². The van der Waals surface area contributed by atoms with Crippen molar-refractivity contribution in [3.05, 3.63) is 45.0 Å². The monoisotopic (exact) mass is 372 g/mol. The van der Waals surface area contributed by atoms with E-state index in [-0.39, 0.29) is 5.76 Å². The summed E-state index contributed by atoms with van der Waals surface area (Å²) < 4.78 is 6.04. The fourth-order valence-corrected chi connectivity index (χ4v) is 3.06. The summed E-state index contributed by atoms with van der Waals surface area (Å²) in [4.78, 5) is 24.3. The zero-order valence-electron chi connectivity index (χ0n) is 11.1. The van der Waals surface area contributed by atoms with Gasteiger partial charge in [0.1, 0.15) is 5.76 Å². The molecule has 2 aromatic rings. The molecule has 0 aliphatic carbocycles. The molecule has 0 bridgehead atoms. The maximum absolute atomic E-state index is 11.9. The zero-order chi connectivity index (χ0) is 15.5. The molecule has 0 saturated heterocycles. The number of hydrogen-bond donors (Lipinski definition) is 3. The van der Waals surface area contributed by atoms with Crippen LogP contribution in [0.2, 0.25) is 0 Å². The summed E-state index contributed by atoms with van der Waals surface area (Å²) in [5.41, 5.74) is -1.62. The van der Waals surface area contributed by atoms with Gasteiger partial charge in [0, 0.05) is 14.7 Å². The van der Waals surface area contributed by atoms with Crippen LogP contribution in [0.25, 0.3) is 0 Å². The van der Waals surface area contributed by atoms with E-state index in [4.69, 9.17) is 4.42 Å². The second kappa shape index (κ2) is 6.31. The van der Waals surface area contributed by atoms with Gasteiger partial charge in [-0.25, -0.2) is 9.59 Å². The predicted octanol–water partition coefficient (Wildman–Crippen LogP) is 2.90. The van der Waals surface area contributed by atoms with Crippen LogP contribution in [0.15, 0.2) is 38.7 Å². The number of carbonyl (C=O) groups excluding carboxylic acids is 1. The van der Waals surface area contributed by atoms with Gasteiger partial charge in [-0.15, -0.1) is 11.3 Å². The Hall–Kier alpha value is -1.80. The third-order valence-electron chi connectivity index (χ3n) is 2.85. The molecule has 0 aliphatic rings. The van der Waals surface area contributed by atoms with Crippen LogP contribution in [0.4, 0.5) is 4.79 Å². The van der Waals surface area contributed by atoms with Gasteiger partial charge in [-0.3, -0.25) is 0 Å². The summed E-state index contributed by atoms with van der Waals surface area (Å²) >= 11 is 4.81. The Morgan fingerprint density at radius 1 is 1.52 bits per heavy atom. The third kappa shape index (κ3) is 3.64. The van der Waals surface area contributed by atoms with Crippen molar-refractivity contribution < 1.29 is 19.1 Å². The van der Waals surface area contributed by atoms with E-state index in [1.807, 2.05) is 11.4 Å². The van der Waals surface area contributed by atoms with Crippen molar-refractivity contribution in [1.82, 2.24) is 10.6 Å². The van der Waals surface area contributed by atoms with E-state index in [1.54, 1.807) is 6.07 Å². The lowest BCUT2D eigenvalue weighted by Gasteiger charge is -2.24. The van der Waals surface area contributed by atoms with Crippen molar-refractivity contribution in [2.45, 2.75) is 19.0 Å². The van der Waals surface area contributed by atoms with Gasteiger partial charge in [0.05, 0.1) is 12.8 Å². The number of carboxylic acids is 1. The van der Waals surface area contributed by atoms with E-state index in [2.05, 4.69) is 26.6 Å². The largest absolute Gasteiger partial charge is 0.479 e. The van der Waals surface area contributed by atoms with Crippen molar-refractivity contribution in [3.63, 3.8) is 0 Å². The van der Waals surface area contributed by atoms with E-state index in [9.17, 15) is 14.7 Å². The van der Waals surface area contributed by atoms with Crippen molar-refractivity contribution in [1.29, 1.82) is 0 Å². The highest BCUT2D eigenvalue weighted by atomic mass is 79.9. The van der Waals surface area contributed by atoms with Gasteiger partial charge in [-0.1, -0.05) is 0 Å². The normalized spacial score (nSPS) is 13.4. The predicted molar refractivity (Wildman–Crippen MR) is 81.1 cm³/mol. The number of aliphatic carboxylic acids is 1. The molecule has 2 amide bonds. The smallest absolute Gasteiger partial charge is 0.337 e. The molecule has 0 radical (unpaired) electrons. The summed E-state index contributed by atoms with van der Waals surface area (Å²) in [5.74, 6) is -1.05. The Morgan fingerprint density at radius 3 is 2.81 bits per heavy atom. The number of amides is 2. The summed E-state index contributed by atoms with van der Waals surface area (Å²) in [5, 5.41) is 16.3. The molecule has 0 aliphatic heterocycles. The first-order valence-corrected chi connectivity index (χ1v) is 7.65. The maximum Gasteiger partial charge on any atom is 0.337 e. The lowest BCUT2D eigenvalue weighted by Crippen LogP contribution is -2.52. The average molecular weight is 373 g/mol. The van der Waals surface area contributed by atoms with Crippen LogP contribution < -0.4 is 10.6 Å². The second-order valence-corrected chi connectivity index (χ2v) is 6.36. The fraction of sp³-hybridized carbons (Fsp3) is 0.231. The van der Waals surface area contributed by atoms with Crippen molar-refractivity contribution in [3.8, 4) is 0 Å². The summed E-state index contributed by atoms with van der Waals surface area (Å²) in [7, 11) is 0. The minimum Gasteiger partial charge on any atom is -0.479 e. The van der Waals surface area contributed by atoms with Gasteiger partial charge in [0.25, 0.3) is 0 Å². The van der Waals surface area contributed by atoms with Gasteiger partial charge in [-0.2, -0.15) is 0 Å². The van der Waals surface area contributed by atoms with Crippen LogP contribution in [0.3, 0.4) is 0 Å². The number of carboxylic acid groups (broad SMARTS) is 1. The van der Waals surface area contributed by atoms with Gasteiger partial charge in [0.15, 0.2) is 5.54 Å². The minimum atomic E-state index is -1.62. The molecule has 0 spiro atoms. The molecule has 6 nitrogen and oxygen atoms in total. The Balaban J connectivity index is 2.01. The van der Waals surface area contributed by atoms with Gasteiger partial charge < -0.3 is 20.2 Å². The molecule has 3 N–H and O–H groups in total. The Morgan fingerprint density at radius 2 is 2.29 bits per heavy atom.